The lowest BCUT2D eigenvalue weighted by molar-refractivity contribution is 0.388. The van der Waals surface area contributed by atoms with Crippen molar-refractivity contribution >= 4 is 0 Å². The number of hydrogen-bond acceptors (Lipinski definition) is 1. The van der Waals surface area contributed by atoms with E-state index >= 15 is 0 Å². The van der Waals surface area contributed by atoms with Crippen molar-refractivity contribution in [1.82, 2.24) is 0 Å². The average Bonchev–Trinajstić information content (AvgIpc) is 2.05. The molecular weight excluding hydrogens is 158 g/mol. The molecule has 0 amide bonds. The first-order chi connectivity index (χ1) is 6.10. The second-order valence-corrected chi connectivity index (χ2v) is 4.65. The molecule has 0 aliphatic heterocycles. The summed E-state index contributed by atoms with van der Waals surface area (Å²) in [4.78, 5) is 0. The Kier molecular flexibility index (Phi) is 7.35. The molecule has 0 fully saturated rings. The average molecular weight is 185 g/mol. The van der Waals surface area contributed by atoms with Crippen LogP contribution in [0.5, 0.6) is 0 Å². The van der Waals surface area contributed by atoms with E-state index in [1.54, 1.807) is 0 Å². The molecule has 1 heteroatoms. The summed E-state index contributed by atoms with van der Waals surface area (Å²) < 4.78 is 0. The van der Waals surface area contributed by atoms with Gasteiger partial charge < -0.3 is 5.73 Å². The van der Waals surface area contributed by atoms with E-state index in [9.17, 15) is 0 Å². The number of hydrogen-bond donors (Lipinski definition) is 1. The highest BCUT2D eigenvalue weighted by molar-refractivity contribution is 4.66. The van der Waals surface area contributed by atoms with E-state index in [0.717, 1.165) is 11.8 Å². The van der Waals surface area contributed by atoms with Gasteiger partial charge >= 0.3 is 0 Å². The minimum atomic E-state index is 0.431. The summed E-state index contributed by atoms with van der Waals surface area (Å²) in [6.45, 7) is 9.05. The van der Waals surface area contributed by atoms with Crippen LogP contribution in [0.1, 0.15) is 59.8 Å². The minimum Gasteiger partial charge on any atom is -0.328 e. The van der Waals surface area contributed by atoms with Crippen molar-refractivity contribution in [3.05, 3.63) is 0 Å². The fourth-order valence-electron chi connectivity index (χ4n) is 1.87. The summed E-state index contributed by atoms with van der Waals surface area (Å²) in [5.74, 6) is 1.65. The van der Waals surface area contributed by atoms with Crippen molar-refractivity contribution in [1.29, 1.82) is 0 Å². The van der Waals surface area contributed by atoms with Gasteiger partial charge in [0, 0.05) is 6.04 Å². The van der Waals surface area contributed by atoms with Crippen molar-refractivity contribution in [2.75, 3.05) is 0 Å². The second kappa shape index (κ2) is 7.37. The standard InChI is InChI=1S/C12H27N/c1-5-11(6-2)7-8-12(13)9-10(3)4/h10-12H,5-9,13H2,1-4H3. The Morgan fingerprint density at radius 2 is 1.54 bits per heavy atom. The maximum atomic E-state index is 6.03. The quantitative estimate of drug-likeness (QED) is 0.644. The Morgan fingerprint density at radius 3 is 1.92 bits per heavy atom. The van der Waals surface area contributed by atoms with Gasteiger partial charge in [0.25, 0.3) is 0 Å². The Morgan fingerprint density at radius 1 is 1.00 bits per heavy atom. The Bertz CT molecular complexity index is 106. The van der Waals surface area contributed by atoms with Gasteiger partial charge in [0.2, 0.25) is 0 Å². The first kappa shape index (κ1) is 13.0. The zero-order valence-electron chi connectivity index (χ0n) is 9.84. The van der Waals surface area contributed by atoms with Crippen LogP contribution in [0, 0.1) is 11.8 Å². The SMILES string of the molecule is CCC(CC)CCC(N)CC(C)C. The lowest BCUT2D eigenvalue weighted by atomic mass is 9.92. The van der Waals surface area contributed by atoms with Gasteiger partial charge in [-0.25, -0.2) is 0 Å². The molecule has 0 rings (SSSR count). The van der Waals surface area contributed by atoms with Crippen LogP contribution in [-0.2, 0) is 0 Å². The molecule has 1 nitrogen and oxygen atoms in total. The molecule has 1 atom stereocenters. The summed E-state index contributed by atoms with van der Waals surface area (Å²) in [5, 5.41) is 0. The summed E-state index contributed by atoms with van der Waals surface area (Å²) >= 11 is 0. The van der Waals surface area contributed by atoms with Crippen LogP contribution < -0.4 is 5.73 Å². The van der Waals surface area contributed by atoms with E-state index in [1.807, 2.05) is 0 Å². The first-order valence-corrected chi connectivity index (χ1v) is 5.85. The molecule has 0 aromatic rings. The van der Waals surface area contributed by atoms with Gasteiger partial charge in [-0.3, -0.25) is 0 Å². The van der Waals surface area contributed by atoms with Crippen LogP contribution in [0.15, 0.2) is 0 Å². The normalized spacial score (nSPS) is 14.1. The van der Waals surface area contributed by atoms with Gasteiger partial charge in [0.15, 0.2) is 0 Å². The van der Waals surface area contributed by atoms with Crippen molar-refractivity contribution in [2.24, 2.45) is 17.6 Å². The molecule has 1 unspecified atom stereocenters. The van der Waals surface area contributed by atoms with Crippen molar-refractivity contribution < 1.29 is 0 Å². The predicted octanol–water partition coefficient (Wildman–Crippen LogP) is 3.58. The third kappa shape index (κ3) is 7.06. The van der Waals surface area contributed by atoms with Crippen LogP contribution in [0.25, 0.3) is 0 Å². The van der Waals surface area contributed by atoms with Crippen LogP contribution in [0.3, 0.4) is 0 Å². The zero-order chi connectivity index (χ0) is 10.3. The molecule has 0 aliphatic rings. The van der Waals surface area contributed by atoms with Crippen LogP contribution in [0.2, 0.25) is 0 Å². The highest BCUT2D eigenvalue weighted by atomic mass is 14.6. The van der Waals surface area contributed by atoms with E-state index in [0.29, 0.717) is 6.04 Å². The Hall–Kier alpha value is -0.0400. The molecule has 0 saturated carbocycles. The minimum absolute atomic E-state index is 0.431. The van der Waals surface area contributed by atoms with E-state index in [-0.39, 0.29) is 0 Å². The molecule has 0 aliphatic carbocycles. The summed E-state index contributed by atoms with van der Waals surface area (Å²) in [6.07, 6.45) is 6.33. The molecule has 80 valence electrons. The third-order valence-corrected chi connectivity index (χ3v) is 2.87. The largest absolute Gasteiger partial charge is 0.328 e. The van der Waals surface area contributed by atoms with Crippen molar-refractivity contribution in [3.8, 4) is 0 Å². The second-order valence-electron chi connectivity index (χ2n) is 4.65. The van der Waals surface area contributed by atoms with Gasteiger partial charge in [0.1, 0.15) is 0 Å². The van der Waals surface area contributed by atoms with E-state index in [1.165, 1.54) is 32.1 Å². The Balaban J connectivity index is 3.49. The molecule has 0 heterocycles. The first-order valence-electron chi connectivity index (χ1n) is 5.85. The van der Waals surface area contributed by atoms with Gasteiger partial charge in [-0.2, -0.15) is 0 Å². The van der Waals surface area contributed by atoms with E-state index in [4.69, 9.17) is 5.73 Å². The molecular formula is C12H27N. The monoisotopic (exact) mass is 185 g/mol. The summed E-state index contributed by atoms with van der Waals surface area (Å²) in [5.41, 5.74) is 6.03. The summed E-state index contributed by atoms with van der Waals surface area (Å²) in [6, 6.07) is 0.431. The maximum Gasteiger partial charge on any atom is 0.00413 e. The van der Waals surface area contributed by atoms with Gasteiger partial charge in [-0.05, 0) is 31.1 Å². The maximum absolute atomic E-state index is 6.03. The Labute approximate surface area is 84.1 Å². The fourth-order valence-corrected chi connectivity index (χ4v) is 1.87. The predicted molar refractivity (Wildman–Crippen MR) is 60.7 cm³/mol. The van der Waals surface area contributed by atoms with Gasteiger partial charge in [-0.15, -0.1) is 0 Å². The van der Waals surface area contributed by atoms with Crippen LogP contribution >= 0.6 is 0 Å². The molecule has 0 radical (unpaired) electrons. The van der Waals surface area contributed by atoms with Crippen LogP contribution in [-0.4, -0.2) is 6.04 Å². The van der Waals surface area contributed by atoms with Crippen molar-refractivity contribution in [3.63, 3.8) is 0 Å². The highest BCUT2D eigenvalue weighted by Gasteiger charge is 2.08. The molecule has 0 aromatic carbocycles. The zero-order valence-corrected chi connectivity index (χ0v) is 9.84. The van der Waals surface area contributed by atoms with Crippen molar-refractivity contribution in [2.45, 2.75) is 65.8 Å². The smallest absolute Gasteiger partial charge is 0.00413 e. The fraction of sp³-hybridized carbons (Fsp3) is 1.00. The molecule has 2 N–H and O–H groups in total. The van der Waals surface area contributed by atoms with Crippen LogP contribution in [0.4, 0.5) is 0 Å². The third-order valence-electron chi connectivity index (χ3n) is 2.87. The lowest BCUT2D eigenvalue weighted by Crippen LogP contribution is -2.22. The highest BCUT2D eigenvalue weighted by Crippen LogP contribution is 2.17. The molecule has 0 spiro atoms. The van der Waals surface area contributed by atoms with Gasteiger partial charge in [-0.1, -0.05) is 40.5 Å². The molecule has 0 aromatic heterocycles. The topological polar surface area (TPSA) is 26.0 Å². The molecule has 0 bridgehead atoms. The van der Waals surface area contributed by atoms with E-state index in [2.05, 4.69) is 27.7 Å². The van der Waals surface area contributed by atoms with Gasteiger partial charge in [0.05, 0.1) is 0 Å². The molecule has 13 heavy (non-hydrogen) atoms. The van der Waals surface area contributed by atoms with E-state index < -0.39 is 0 Å². The number of nitrogens with two attached hydrogens (primary N) is 1. The lowest BCUT2D eigenvalue weighted by Gasteiger charge is -2.17. The number of rotatable bonds is 7. The molecule has 0 saturated heterocycles. The summed E-state index contributed by atoms with van der Waals surface area (Å²) in [7, 11) is 0.